The van der Waals surface area contributed by atoms with Gasteiger partial charge in [-0.25, -0.2) is 0 Å². The molecule has 2 aromatic rings. The Morgan fingerprint density at radius 3 is 2.53 bits per heavy atom. The Hall–Kier alpha value is -1.25. The van der Waals surface area contributed by atoms with E-state index in [9.17, 15) is 4.79 Å². The van der Waals surface area contributed by atoms with Crippen LogP contribution in [0.2, 0.25) is 0 Å². The van der Waals surface area contributed by atoms with E-state index in [-0.39, 0.29) is 10.9 Å². The Morgan fingerprint density at radius 2 is 1.95 bits per heavy atom. The fourth-order valence-corrected chi connectivity index (χ4v) is 2.89. The lowest BCUT2D eigenvalue weighted by molar-refractivity contribution is 0.102. The van der Waals surface area contributed by atoms with Crippen LogP contribution in [0.25, 0.3) is 0 Å². The topological polar surface area (TPSA) is 83.8 Å². The summed E-state index contributed by atoms with van der Waals surface area (Å²) < 4.78 is 1.59. The number of amides is 1. The van der Waals surface area contributed by atoms with Crippen LogP contribution in [0, 0.1) is 0 Å². The van der Waals surface area contributed by atoms with E-state index in [4.69, 9.17) is 18.0 Å². The van der Waals surface area contributed by atoms with Crippen molar-refractivity contribution in [1.82, 2.24) is 10.2 Å². The molecule has 1 aromatic heterocycles. The summed E-state index contributed by atoms with van der Waals surface area (Å²) >= 11 is 11.5. The number of halogens is 2. The van der Waals surface area contributed by atoms with Gasteiger partial charge in [0, 0.05) is 14.5 Å². The number of nitrogens with zero attached hydrogens (tertiary/aromatic N) is 1. The molecule has 0 bridgehead atoms. The van der Waals surface area contributed by atoms with Gasteiger partial charge in [-0.2, -0.15) is 5.10 Å². The van der Waals surface area contributed by atoms with Crippen LogP contribution in [0.5, 0.6) is 0 Å². The van der Waals surface area contributed by atoms with Crippen LogP contribution in [0.4, 0.5) is 5.82 Å². The highest BCUT2D eigenvalue weighted by Crippen LogP contribution is 2.21. The molecule has 2 rings (SSSR count). The molecule has 5 nitrogen and oxygen atoms in total. The Bertz CT molecular complexity index is 636. The zero-order chi connectivity index (χ0) is 14.0. The monoisotopic (exact) mass is 402 g/mol. The summed E-state index contributed by atoms with van der Waals surface area (Å²) in [4.78, 5) is 12.3. The summed E-state index contributed by atoms with van der Waals surface area (Å²) in [5.41, 5.74) is 6.51. The number of nitrogens with two attached hydrogens (primary N) is 1. The summed E-state index contributed by atoms with van der Waals surface area (Å²) in [6.45, 7) is 0. The number of H-pyrrole nitrogens is 1. The normalized spacial score (nSPS) is 10.2. The van der Waals surface area contributed by atoms with E-state index in [2.05, 4.69) is 47.4 Å². The van der Waals surface area contributed by atoms with Crippen molar-refractivity contribution in [3.05, 3.63) is 44.5 Å². The molecule has 0 unspecified atom stereocenters. The first-order chi connectivity index (χ1) is 8.97. The Kier molecular flexibility index (Phi) is 4.33. The fraction of sp³-hybridized carbons (Fsp3) is 0. The second-order valence-corrected chi connectivity index (χ2v) is 5.91. The van der Waals surface area contributed by atoms with Crippen molar-refractivity contribution in [2.45, 2.75) is 0 Å². The van der Waals surface area contributed by atoms with Crippen molar-refractivity contribution in [1.29, 1.82) is 0 Å². The van der Waals surface area contributed by atoms with Gasteiger partial charge in [0.25, 0.3) is 5.91 Å². The highest BCUT2D eigenvalue weighted by Gasteiger charge is 2.13. The van der Waals surface area contributed by atoms with Gasteiger partial charge in [-0.05, 0) is 18.2 Å². The van der Waals surface area contributed by atoms with Crippen LogP contribution in [-0.2, 0) is 0 Å². The van der Waals surface area contributed by atoms with Gasteiger partial charge < -0.3 is 11.1 Å². The maximum absolute atomic E-state index is 12.1. The SMILES string of the molecule is NC(=S)c1cn[nH]c1NC(=O)c1cc(Br)cc(Br)c1. The largest absolute Gasteiger partial charge is 0.389 e. The first-order valence-corrected chi connectivity index (χ1v) is 7.07. The average molecular weight is 404 g/mol. The molecule has 19 heavy (non-hydrogen) atoms. The highest BCUT2D eigenvalue weighted by atomic mass is 79.9. The van der Waals surface area contributed by atoms with Crippen LogP contribution >= 0.6 is 44.1 Å². The van der Waals surface area contributed by atoms with Gasteiger partial charge in [-0.3, -0.25) is 9.89 Å². The van der Waals surface area contributed by atoms with Crippen LogP contribution in [0.3, 0.4) is 0 Å². The number of thiocarbonyl (C=S) groups is 1. The zero-order valence-corrected chi connectivity index (χ0v) is 13.4. The molecule has 0 saturated carbocycles. The highest BCUT2D eigenvalue weighted by molar-refractivity contribution is 9.11. The third kappa shape index (κ3) is 3.40. The van der Waals surface area contributed by atoms with Crippen molar-refractivity contribution < 1.29 is 4.79 Å². The standard InChI is InChI=1S/C11H8Br2N4OS/c12-6-1-5(2-7(13)3-6)11(18)16-10-8(9(14)19)4-15-17-10/h1-4H,(H2,14,19)(H2,15,16,17,18). The molecule has 8 heteroatoms. The number of carbonyl (C=O) groups excluding carboxylic acids is 1. The van der Waals surface area contributed by atoms with E-state index in [0.717, 1.165) is 8.95 Å². The molecule has 0 aliphatic heterocycles. The Labute approximate surface area is 131 Å². The number of carbonyl (C=O) groups is 1. The Balaban J connectivity index is 2.25. The molecule has 0 atom stereocenters. The molecule has 0 fully saturated rings. The third-order valence-electron chi connectivity index (χ3n) is 2.27. The smallest absolute Gasteiger partial charge is 0.256 e. The van der Waals surface area contributed by atoms with Gasteiger partial charge in [-0.1, -0.05) is 44.1 Å². The molecule has 1 aromatic carbocycles. The van der Waals surface area contributed by atoms with Crippen molar-refractivity contribution in [2.24, 2.45) is 5.73 Å². The van der Waals surface area contributed by atoms with Gasteiger partial charge in [0.05, 0.1) is 11.8 Å². The minimum Gasteiger partial charge on any atom is -0.389 e. The van der Waals surface area contributed by atoms with Crippen molar-refractivity contribution in [3.63, 3.8) is 0 Å². The summed E-state index contributed by atoms with van der Waals surface area (Å²) in [5, 5.41) is 9.12. The van der Waals surface area contributed by atoms with Gasteiger partial charge in [0.1, 0.15) is 10.8 Å². The maximum Gasteiger partial charge on any atom is 0.256 e. The van der Waals surface area contributed by atoms with Crippen molar-refractivity contribution >= 4 is 60.8 Å². The van der Waals surface area contributed by atoms with Crippen molar-refractivity contribution in [3.8, 4) is 0 Å². The number of hydrogen-bond acceptors (Lipinski definition) is 3. The van der Waals surface area contributed by atoms with Crippen LogP contribution in [0.15, 0.2) is 33.3 Å². The van der Waals surface area contributed by atoms with E-state index in [0.29, 0.717) is 16.9 Å². The lowest BCUT2D eigenvalue weighted by Gasteiger charge is -2.06. The number of aromatic amines is 1. The van der Waals surface area contributed by atoms with Gasteiger partial charge in [-0.15, -0.1) is 0 Å². The molecule has 4 N–H and O–H groups in total. The number of nitrogens with one attached hydrogen (secondary N) is 2. The van der Waals surface area contributed by atoms with Crippen LogP contribution in [-0.4, -0.2) is 21.1 Å². The second-order valence-electron chi connectivity index (χ2n) is 3.64. The molecule has 1 amide bonds. The molecular formula is C11H8Br2N4OS. The molecule has 98 valence electrons. The van der Waals surface area contributed by atoms with Gasteiger partial charge >= 0.3 is 0 Å². The molecule has 0 aliphatic carbocycles. The first-order valence-electron chi connectivity index (χ1n) is 5.08. The molecule has 0 spiro atoms. The van der Waals surface area contributed by atoms with Crippen molar-refractivity contribution in [2.75, 3.05) is 5.32 Å². The number of hydrogen-bond donors (Lipinski definition) is 3. The van der Waals surface area contributed by atoms with Gasteiger partial charge in [0.15, 0.2) is 0 Å². The molecular weight excluding hydrogens is 396 g/mol. The average Bonchev–Trinajstić information content (AvgIpc) is 2.75. The molecule has 0 radical (unpaired) electrons. The van der Waals surface area contributed by atoms with E-state index >= 15 is 0 Å². The fourth-order valence-electron chi connectivity index (χ4n) is 1.44. The van der Waals surface area contributed by atoms with E-state index in [1.807, 2.05) is 6.07 Å². The van der Waals surface area contributed by atoms with E-state index in [1.165, 1.54) is 6.20 Å². The second kappa shape index (κ2) is 5.81. The molecule has 0 aliphatic rings. The summed E-state index contributed by atoms with van der Waals surface area (Å²) in [6, 6.07) is 5.25. The lowest BCUT2D eigenvalue weighted by Crippen LogP contribution is -2.17. The predicted octanol–water partition coefficient (Wildman–Crippen LogP) is 2.82. The molecule has 1 heterocycles. The zero-order valence-electron chi connectivity index (χ0n) is 9.41. The van der Waals surface area contributed by atoms with E-state index in [1.54, 1.807) is 12.1 Å². The quantitative estimate of drug-likeness (QED) is 0.688. The first kappa shape index (κ1) is 14.2. The summed E-state index contributed by atoms with van der Waals surface area (Å²) in [5.74, 6) is 0.0948. The Morgan fingerprint density at radius 1 is 1.32 bits per heavy atom. The van der Waals surface area contributed by atoms with Gasteiger partial charge in [0.2, 0.25) is 0 Å². The minimum absolute atomic E-state index is 0.166. The third-order valence-corrected chi connectivity index (χ3v) is 3.40. The minimum atomic E-state index is -0.288. The number of rotatable bonds is 3. The number of anilines is 1. The van der Waals surface area contributed by atoms with Crippen LogP contribution < -0.4 is 11.1 Å². The predicted molar refractivity (Wildman–Crippen MR) is 84.3 cm³/mol. The maximum atomic E-state index is 12.1. The number of aromatic nitrogens is 2. The summed E-state index contributed by atoms with van der Waals surface area (Å²) in [6.07, 6.45) is 1.47. The number of benzene rings is 1. The van der Waals surface area contributed by atoms with E-state index < -0.39 is 0 Å². The lowest BCUT2D eigenvalue weighted by atomic mass is 10.2. The van der Waals surface area contributed by atoms with Crippen LogP contribution in [0.1, 0.15) is 15.9 Å². The molecule has 0 saturated heterocycles. The summed E-state index contributed by atoms with van der Waals surface area (Å²) in [7, 11) is 0.